The van der Waals surface area contributed by atoms with Gasteiger partial charge in [-0.05, 0) is 0 Å². The monoisotopic (exact) mass is 184 g/mol. The van der Waals surface area contributed by atoms with Gasteiger partial charge in [-0.15, -0.1) is 11.6 Å². The fraction of sp³-hybridized carbons (Fsp3) is 1.00. The first-order valence-corrected chi connectivity index (χ1v) is 3.82. The standard InChI is InChI=1S/C6H13ClO4/c7-4-6(11,1-2-8)5(10)3-9/h5,8-11H,1-4H2/t5-,6-/m1/s1. The Morgan fingerprint density at radius 1 is 1.36 bits per heavy atom. The van der Waals surface area contributed by atoms with Crippen LogP contribution >= 0.6 is 11.6 Å². The van der Waals surface area contributed by atoms with Crippen LogP contribution in [0.1, 0.15) is 6.42 Å². The van der Waals surface area contributed by atoms with Crippen LogP contribution in [0.3, 0.4) is 0 Å². The van der Waals surface area contributed by atoms with Gasteiger partial charge in [0.25, 0.3) is 0 Å². The normalized spacial score (nSPS) is 19.4. The highest BCUT2D eigenvalue weighted by atomic mass is 35.5. The molecule has 4 N–H and O–H groups in total. The number of rotatable bonds is 5. The molecular weight excluding hydrogens is 172 g/mol. The summed E-state index contributed by atoms with van der Waals surface area (Å²) in [4.78, 5) is 0. The highest BCUT2D eigenvalue weighted by Gasteiger charge is 2.33. The van der Waals surface area contributed by atoms with Crippen molar-refractivity contribution < 1.29 is 20.4 Å². The molecule has 0 fully saturated rings. The Kier molecular flexibility index (Phi) is 4.96. The van der Waals surface area contributed by atoms with Crippen LogP contribution in [0.25, 0.3) is 0 Å². The summed E-state index contributed by atoms with van der Waals surface area (Å²) in [6.07, 6.45) is -1.34. The van der Waals surface area contributed by atoms with Gasteiger partial charge in [-0.3, -0.25) is 0 Å². The molecule has 0 heterocycles. The number of hydrogen-bond donors (Lipinski definition) is 4. The molecule has 0 aliphatic heterocycles. The van der Waals surface area contributed by atoms with Crippen LogP contribution in [-0.2, 0) is 0 Å². The van der Waals surface area contributed by atoms with Crippen molar-refractivity contribution in [3.8, 4) is 0 Å². The van der Waals surface area contributed by atoms with Gasteiger partial charge in [0, 0.05) is 13.0 Å². The Morgan fingerprint density at radius 3 is 2.18 bits per heavy atom. The largest absolute Gasteiger partial charge is 0.396 e. The molecule has 0 amide bonds. The summed E-state index contributed by atoms with van der Waals surface area (Å²) in [5.74, 6) is -0.213. The van der Waals surface area contributed by atoms with E-state index >= 15 is 0 Å². The molecule has 0 rings (SSSR count). The molecule has 0 saturated carbocycles. The summed E-state index contributed by atoms with van der Waals surface area (Å²) in [6.45, 7) is -0.844. The van der Waals surface area contributed by atoms with E-state index in [0.717, 1.165) is 0 Å². The van der Waals surface area contributed by atoms with Gasteiger partial charge in [0.1, 0.15) is 11.7 Å². The number of aliphatic hydroxyl groups is 4. The fourth-order valence-electron chi connectivity index (χ4n) is 0.686. The quantitative estimate of drug-likeness (QED) is 0.400. The minimum atomic E-state index is -1.58. The van der Waals surface area contributed by atoms with E-state index in [1.807, 2.05) is 0 Å². The molecular formula is C6H13ClO4. The Balaban J connectivity index is 4.07. The van der Waals surface area contributed by atoms with E-state index in [1.54, 1.807) is 0 Å². The smallest absolute Gasteiger partial charge is 0.108 e. The lowest BCUT2D eigenvalue weighted by molar-refractivity contribution is -0.0906. The first kappa shape index (κ1) is 11.1. The molecule has 0 aliphatic carbocycles. The van der Waals surface area contributed by atoms with E-state index in [4.69, 9.17) is 26.9 Å². The molecule has 0 aliphatic rings. The van der Waals surface area contributed by atoms with Crippen LogP contribution in [0.2, 0.25) is 0 Å². The number of aliphatic hydroxyl groups excluding tert-OH is 3. The number of hydrogen-bond acceptors (Lipinski definition) is 4. The second kappa shape index (κ2) is 4.90. The highest BCUT2D eigenvalue weighted by Crippen LogP contribution is 2.16. The van der Waals surface area contributed by atoms with Crippen molar-refractivity contribution in [1.29, 1.82) is 0 Å². The molecule has 0 aromatic carbocycles. The fourth-order valence-corrected chi connectivity index (χ4v) is 0.998. The maximum Gasteiger partial charge on any atom is 0.108 e. The van der Waals surface area contributed by atoms with Gasteiger partial charge in [-0.1, -0.05) is 0 Å². The van der Waals surface area contributed by atoms with Gasteiger partial charge in [-0.25, -0.2) is 0 Å². The van der Waals surface area contributed by atoms with Crippen LogP contribution in [0.15, 0.2) is 0 Å². The average molecular weight is 185 g/mol. The third kappa shape index (κ3) is 2.92. The first-order valence-electron chi connectivity index (χ1n) is 3.29. The predicted molar refractivity (Wildman–Crippen MR) is 40.5 cm³/mol. The zero-order valence-electron chi connectivity index (χ0n) is 6.07. The van der Waals surface area contributed by atoms with Crippen LogP contribution in [0.5, 0.6) is 0 Å². The third-order valence-electron chi connectivity index (χ3n) is 1.57. The molecule has 4 nitrogen and oxygen atoms in total. The van der Waals surface area contributed by atoms with Crippen molar-refractivity contribution in [1.82, 2.24) is 0 Å². The van der Waals surface area contributed by atoms with Gasteiger partial charge in [0.2, 0.25) is 0 Å². The van der Waals surface area contributed by atoms with Crippen LogP contribution in [-0.4, -0.2) is 51.2 Å². The Labute approximate surface area is 70.0 Å². The summed E-state index contributed by atoms with van der Waals surface area (Å²) in [7, 11) is 0. The highest BCUT2D eigenvalue weighted by molar-refractivity contribution is 6.18. The van der Waals surface area contributed by atoms with E-state index in [2.05, 4.69) is 0 Å². The molecule has 11 heavy (non-hydrogen) atoms. The lowest BCUT2D eigenvalue weighted by Gasteiger charge is -2.28. The molecule has 0 radical (unpaired) electrons. The second-order valence-electron chi connectivity index (χ2n) is 2.41. The van der Waals surface area contributed by atoms with Crippen LogP contribution in [0, 0.1) is 0 Å². The average Bonchev–Trinajstić information content (AvgIpc) is 2.03. The molecule has 0 saturated heterocycles. The summed E-state index contributed by atoms with van der Waals surface area (Å²) >= 11 is 5.33. The van der Waals surface area contributed by atoms with E-state index < -0.39 is 18.3 Å². The summed E-state index contributed by atoms with van der Waals surface area (Å²) in [5, 5.41) is 35.3. The van der Waals surface area contributed by atoms with Crippen molar-refractivity contribution in [2.75, 3.05) is 19.1 Å². The SMILES string of the molecule is OCC[C@@](O)(CCl)[C@H](O)CO. The van der Waals surface area contributed by atoms with Crippen LogP contribution in [0.4, 0.5) is 0 Å². The maximum atomic E-state index is 9.39. The zero-order valence-corrected chi connectivity index (χ0v) is 6.83. The minimum Gasteiger partial charge on any atom is -0.396 e. The van der Waals surface area contributed by atoms with E-state index in [0.29, 0.717) is 0 Å². The number of alkyl halides is 1. The molecule has 0 unspecified atom stereocenters. The van der Waals surface area contributed by atoms with Crippen molar-refractivity contribution in [2.24, 2.45) is 0 Å². The van der Waals surface area contributed by atoms with E-state index in [-0.39, 0.29) is 18.9 Å². The van der Waals surface area contributed by atoms with Crippen molar-refractivity contribution in [3.63, 3.8) is 0 Å². The van der Waals surface area contributed by atoms with Gasteiger partial charge < -0.3 is 20.4 Å². The summed E-state index contributed by atoms with van der Waals surface area (Å²) in [5.41, 5.74) is -1.58. The molecule has 0 spiro atoms. The van der Waals surface area contributed by atoms with Gasteiger partial charge >= 0.3 is 0 Å². The molecule has 0 aromatic heterocycles. The van der Waals surface area contributed by atoms with Crippen LogP contribution < -0.4 is 0 Å². The minimum absolute atomic E-state index is 0.0434. The molecule has 0 bridgehead atoms. The van der Waals surface area contributed by atoms with E-state index in [1.165, 1.54) is 0 Å². The topological polar surface area (TPSA) is 80.9 Å². The third-order valence-corrected chi connectivity index (χ3v) is 2.03. The molecule has 2 atom stereocenters. The summed E-state index contributed by atoms with van der Waals surface area (Å²) in [6, 6.07) is 0. The van der Waals surface area contributed by atoms with Gasteiger partial charge in [0.05, 0.1) is 12.5 Å². The Hall–Kier alpha value is 0.130. The number of halogens is 1. The summed E-state index contributed by atoms with van der Waals surface area (Å²) < 4.78 is 0. The van der Waals surface area contributed by atoms with E-state index in [9.17, 15) is 5.11 Å². The first-order chi connectivity index (χ1) is 5.10. The maximum absolute atomic E-state index is 9.39. The molecule has 68 valence electrons. The Bertz CT molecular complexity index is 111. The van der Waals surface area contributed by atoms with Crippen molar-refractivity contribution in [2.45, 2.75) is 18.1 Å². The lowest BCUT2D eigenvalue weighted by Crippen LogP contribution is -2.47. The zero-order chi connectivity index (χ0) is 8.91. The second-order valence-corrected chi connectivity index (χ2v) is 2.68. The van der Waals surface area contributed by atoms with Crippen molar-refractivity contribution >= 4 is 11.6 Å². The molecule has 0 aromatic rings. The Morgan fingerprint density at radius 2 is 1.91 bits per heavy atom. The van der Waals surface area contributed by atoms with Gasteiger partial charge in [0.15, 0.2) is 0 Å². The predicted octanol–water partition coefficient (Wildman–Crippen LogP) is -1.31. The molecule has 5 heteroatoms. The van der Waals surface area contributed by atoms with Crippen molar-refractivity contribution in [3.05, 3.63) is 0 Å². The lowest BCUT2D eigenvalue weighted by atomic mass is 9.96. The van der Waals surface area contributed by atoms with Gasteiger partial charge in [-0.2, -0.15) is 0 Å².